The van der Waals surface area contributed by atoms with Crippen LogP contribution in [0.4, 0.5) is 0 Å². The SMILES string of the molecule is C/C=C/C=C/C(=O)OCC(=O)N[C@@H](C)C12CC3CC(CC(C3)C1)C2. The van der Waals surface area contributed by atoms with Gasteiger partial charge in [-0.2, -0.15) is 0 Å². The molecule has 1 amide bonds. The number of nitrogens with one attached hydrogen (secondary N) is 1. The fourth-order valence-electron chi connectivity index (χ4n) is 5.57. The van der Waals surface area contributed by atoms with E-state index in [-0.39, 0.29) is 24.0 Å². The number of carbonyl (C=O) groups excluding carboxylic acids is 2. The van der Waals surface area contributed by atoms with Crippen LogP contribution in [0.1, 0.15) is 52.4 Å². The van der Waals surface area contributed by atoms with E-state index in [0.717, 1.165) is 17.8 Å². The van der Waals surface area contributed by atoms with Gasteiger partial charge in [0, 0.05) is 12.1 Å². The van der Waals surface area contributed by atoms with Gasteiger partial charge in [0.25, 0.3) is 5.91 Å². The molecule has 4 bridgehead atoms. The van der Waals surface area contributed by atoms with E-state index in [2.05, 4.69) is 12.2 Å². The molecule has 4 fully saturated rings. The minimum atomic E-state index is -0.481. The number of hydrogen-bond donors (Lipinski definition) is 1. The molecule has 4 heteroatoms. The third kappa shape index (κ3) is 3.73. The van der Waals surface area contributed by atoms with E-state index in [1.807, 2.05) is 13.0 Å². The number of ether oxygens (including phenoxy) is 1. The number of esters is 1. The lowest BCUT2D eigenvalue weighted by Gasteiger charge is -2.59. The van der Waals surface area contributed by atoms with Crippen LogP contribution in [0.15, 0.2) is 24.3 Å². The smallest absolute Gasteiger partial charge is 0.331 e. The predicted octanol–water partition coefficient (Wildman–Crippen LogP) is 3.38. The molecule has 4 aliphatic carbocycles. The molecular weight excluding hydrogens is 302 g/mol. The van der Waals surface area contributed by atoms with Crippen molar-refractivity contribution in [3.63, 3.8) is 0 Å². The molecule has 4 saturated carbocycles. The van der Waals surface area contributed by atoms with Crippen LogP contribution in [0.5, 0.6) is 0 Å². The van der Waals surface area contributed by atoms with Gasteiger partial charge in [-0.1, -0.05) is 18.2 Å². The van der Waals surface area contributed by atoms with Crippen LogP contribution in [0, 0.1) is 23.2 Å². The molecule has 0 aromatic heterocycles. The predicted molar refractivity (Wildman–Crippen MR) is 93.1 cm³/mol. The van der Waals surface area contributed by atoms with E-state index >= 15 is 0 Å². The first-order valence-electron chi connectivity index (χ1n) is 9.26. The van der Waals surface area contributed by atoms with E-state index in [1.165, 1.54) is 44.6 Å². The second kappa shape index (κ2) is 7.12. The third-order valence-corrected chi connectivity index (χ3v) is 6.26. The Morgan fingerprint density at radius 1 is 1.12 bits per heavy atom. The lowest BCUT2D eigenvalue weighted by atomic mass is 9.48. The first-order chi connectivity index (χ1) is 11.5. The molecule has 24 heavy (non-hydrogen) atoms. The molecule has 132 valence electrons. The number of carbonyl (C=O) groups is 2. The van der Waals surface area contributed by atoms with Crippen molar-refractivity contribution in [1.82, 2.24) is 5.32 Å². The standard InChI is InChI=1S/C20H29NO3/c1-3-4-5-6-19(23)24-13-18(22)21-14(2)20-10-15-7-16(11-20)9-17(8-15)12-20/h3-6,14-17H,7-13H2,1-2H3,(H,21,22)/b4-3+,6-5+/t14-,15?,16?,17?,20?/m0/s1. The Kier molecular flexibility index (Phi) is 5.12. The Hall–Kier alpha value is -1.58. The highest BCUT2D eigenvalue weighted by Crippen LogP contribution is 2.61. The zero-order valence-corrected chi connectivity index (χ0v) is 14.8. The first kappa shape index (κ1) is 17.2. The largest absolute Gasteiger partial charge is 0.452 e. The van der Waals surface area contributed by atoms with Crippen molar-refractivity contribution in [1.29, 1.82) is 0 Å². The molecule has 0 heterocycles. The summed E-state index contributed by atoms with van der Waals surface area (Å²) in [6.45, 7) is 3.81. The maximum absolute atomic E-state index is 12.2. The third-order valence-electron chi connectivity index (χ3n) is 6.26. The molecule has 4 rings (SSSR count). The van der Waals surface area contributed by atoms with Crippen molar-refractivity contribution < 1.29 is 14.3 Å². The van der Waals surface area contributed by atoms with Crippen molar-refractivity contribution in [2.45, 2.75) is 58.4 Å². The van der Waals surface area contributed by atoms with Gasteiger partial charge in [-0.15, -0.1) is 0 Å². The number of hydrogen-bond acceptors (Lipinski definition) is 3. The zero-order valence-electron chi connectivity index (χ0n) is 14.8. The Balaban J connectivity index is 1.49. The van der Waals surface area contributed by atoms with Crippen LogP contribution >= 0.6 is 0 Å². The van der Waals surface area contributed by atoms with Crippen molar-refractivity contribution in [3.05, 3.63) is 24.3 Å². The summed E-state index contributed by atoms with van der Waals surface area (Å²) < 4.78 is 5.00. The molecule has 0 radical (unpaired) electrons. The Labute approximate surface area is 144 Å². The molecule has 4 nitrogen and oxygen atoms in total. The number of rotatable bonds is 6. The molecule has 0 aliphatic heterocycles. The minimum Gasteiger partial charge on any atom is -0.452 e. The van der Waals surface area contributed by atoms with Gasteiger partial charge in [0.1, 0.15) is 0 Å². The summed E-state index contributed by atoms with van der Waals surface area (Å²) >= 11 is 0. The van der Waals surface area contributed by atoms with Gasteiger partial charge in [0.05, 0.1) is 0 Å². The highest BCUT2D eigenvalue weighted by Gasteiger charge is 2.53. The second-order valence-corrected chi connectivity index (χ2v) is 8.06. The zero-order chi connectivity index (χ0) is 17.2. The van der Waals surface area contributed by atoms with Crippen LogP contribution in [0.2, 0.25) is 0 Å². The van der Waals surface area contributed by atoms with Gasteiger partial charge >= 0.3 is 5.97 Å². The van der Waals surface area contributed by atoms with E-state index < -0.39 is 5.97 Å². The minimum absolute atomic E-state index is 0.163. The van der Waals surface area contributed by atoms with Gasteiger partial charge in [-0.25, -0.2) is 4.79 Å². The van der Waals surface area contributed by atoms with Crippen molar-refractivity contribution in [2.24, 2.45) is 23.2 Å². The first-order valence-corrected chi connectivity index (χ1v) is 9.26. The number of allylic oxidation sites excluding steroid dienone is 3. The molecule has 4 aliphatic rings. The lowest BCUT2D eigenvalue weighted by Crippen LogP contribution is -2.56. The van der Waals surface area contributed by atoms with Crippen molar-refractivity contribution in [2.75, 3.05) is 6.61 Å². The van der Waals surface area contributed by atoms with E-state index in [4.69, 9.17) is 4.74 Å². The normalized spacial score (nSPS) is 35.5. The van der Waals surface area contributed by atoms with Crippen LogP contribution in [0.25, 0.3) is 0 Å². The molecule has 1 N–H and O–H groups in total. The van der Waals surface area contributed by atoms with Crippen LogP contribution < -0.4 is 5.32 Å². The van der Waals surface area contributed by atoms with Gasteiger partial charge in [-0.05, 0) is 75.5 Å². The Morgan fingerprint density at radius 2 is 1.71 bits per heavy atom. The molecule has 0 unspecified atom stereocenters. The fraction of sp³-hybridized carbons (Fsp3) is 0.700. The molecule has 1 atom stereocenters. The molecular formula is C20H29NO3. The van der Waals surface area contributed by atoms with Crippen LogP contribution in [0.3, 0.4) is 0 Å². The van der Waals surface area contributed by atoms with E-state index in [9.17, 15) is 9.59 Å². The van der Waals surface area contributed by atoms with Gasteiger partial charge < -0.3 is 10.1 Å². The molecule has 0 aromatic carbocycles. The summed E-state index contributed by atoms with van der Waals surface area (Å²) in [6.07, 6.45) is 14.5. The van der Waals surface area contributed by atoms with Crippen molar-refractivity contribution >= 4 is 11.9 Å². The summed E-state index contributed by atoms with van der Waals surface area (Å²) in [6, 6.07) is 0.163. The second-order valence-electron chi connectivity index (χ2n) is 8.06. The maximum Gasteiger partial charge on any atom is 0.331 e. The fourth-order valence-corrected chi connectivity index (χ4v) is 5.57. The summed E-state index contributed by atoms with van der Waals surface area (Å²) in [5.74, 6) is 1.93. The summed E-state index contributed by atoms with van der Waals surface area (Å²) in [5.41, 5.74) is 0.278. The quantitative estimate of drug-likeness (QED) is 0.461. The maximum atomic E-state index is 12.2. The van der Waals surface area contributed by atoms with Crippen LogP contribution in [-0.2, 0) is 14.3 Å². The molecule has 0 spiro atoms. The van der Waals surface area contributed by atoms with Crippen molar-refractivity contribution in [3.8, 4) is 0 Å². The number of amides is 1. The topological polar surface area (TPSA) is 55.4 Å². The highest BCUT2D eigenvalue weighted by molar-refractivity contribution is 5.86. The molecule has 0 saturated heterocycles. The Morgan fingerprint density at radius 3 is 2.25 bits per heavy atom. The monoisotopic (exact) mass is 331 g/mol. The average Bonchev–Trinajstić information content (AvgIpc) is 2.52. The van der Waals surface area contributed by atoms with E-state index in [0.29, 0.717) is 0 Å². The summed E-state index contributed by atoms with van der Waals surface area (Å²) in [7, 11) is 0. The molecule has 0 aromatic rings. The van der Waals surface area contributed by atoms with Gasteiger partial charge in [-0.3, -0.25) is 4.79 Å². The summed E-state index contributed by atoms with van der Waals surface area (Å²) in [5, 5.41) is 3.11. The average molecular weight is 331 g/mol. The highest BCUT2D eigenvalue weighted by atomic mass is 16.5. The van der Waals surface area contributed by atoms with E-state index in [1.54, 1.807) is 12.2 Å². The lowest BCUT2D eigenvalue weighted by molar-refractivity contribution is -0.145. The van der Waals surface area contributed by atoms with Gasteiger partial charge in [0.15, 0.2) is 6.61 Å². The Bertz CT molecular complexity index is 514. The van der Waals surface area contributed by atoms with Gasteiger partial charge in [0.2, 0.25) is 0 Å². The summed E-state index contributed by atoms with van der Waals surface area (Å²) in [4.78, 5) is 23.7. The van der Waals surface area contributed by atoms with Crippen LogP contribution in [-0.4, -0.2) is 24.5 Å².